The van der Waals surface area contributed by atoms with Crippen LogP contribution in [0.5, 0.6) is 0 Å². The van der Waals surface area contributed by atoms with E-state index in [2.05, 4.69) is 34.2 Å². The topological polar surface area (TPSA) is 0 Å². The number of halogens is 1. The van der Waals surface area contributed by atoms with Crippen LogP contribution in [0.1, 0.15) is 12.8 Å². The van der Waals surface area contributed by atoms with Crippen molar-refractivity contribution in [2.45, 2.75) is 12.8 Å². The highest BCUT2D eigenvalue weighted by Gasteiger charge is 2.22. The van der Waals surface area contributed by atoms with Gasteiger partial charge < -0.3 is 0 Å². The molecule has 1 heteroatoms. The molecule has 0 nitrogen and oxygen atoms in total. The van der Waals surface area contributed by atoms with Crippen LogP contribution in [0.3, 0.4) is 0 Å². The summed E-state index contributed by atoms with van der Waals surface area (Å²) in [5, 5.41) is 0. The monoisotopic (exact) mass is 184 g/mol. The van der Waals surface area contributed by atoms with E-state index < -0.39 is 0 Å². The molecule has 0 aromatic heterocycles. The summed E-state index contributed by atoms with van der Waals surface area (Å²) in [5.74, 6) is 1.59. The van der Waals surface area contributed by atoms with Gasteiger partial charge in [-0.3, -0.25) is 0 Å². The first kappa shape index (κ1) is 5.72. The number of hydrogen-bond acceptors (Lipinski definition) is 0. The van der Waals surface area contributed by atoms with E-state index in [4.69, 9.17) is 0 Å². The molecular formula is C8H9Br. The van der Waals surface area contributed by atoms with Crippen molar-refractivity contribution >= 4 is 15.9 Å². The Morgan fingerprint density at radius 1 is 1.44 bits per heavy atom. The van der Waals surface area contributed by atoms with E-state index in [9.17, 15) is 0 Å². The molecule has 2 aliphatic rings. The maximum atomic E-state index is 3.53. The van der Waals surface area contributed by atoms with Gasteiger partial charge in [-0.05, 0) is 29.2 Å². The summed E-state index contributed by atoms with van der Waals surface area (Å²) in [7, 11) is 0. The largest absolute Gasteiger partial charge is 0.0844 e. The Morgan fingerprint density at radius 3 is 3.11 bits per heavy atom. The molecule has 0 saturated heterocycles. The second-order valence-corrected chi connectivity index (χ2v) is 3.88. The van der Waals surface area contributed by atoms with Crippen LogP contribution >= 0.6 is 15.9 Å². The predicted octanol–water partition coefficient (Wildman–Crippen LogP) is 2.86. The van der Waals surface area contributed by atoms with Gasteiger partial charge in [0.25, 0.3) is 0 Å². The Morgan fingerprint density at radius 2 is 2.33 bits per heavy atom. The summed E-state index contributed by atoms with van der Waals surface area (Å²) < 4.78 is 1.40. The molecule has 0 aromatic carbocycles. The number of allylic oxidation sites excluding steroid dienone is 4. The van der Waals surface area contributed by atoms with E-state index in [1.807, 2.05) is 0 Å². The van der Waals surface area contributed by atoms with E-state index in [1.165, 1.54) is 17.3 Å². The van der Waals surface area contributed by atoms with Gasteiger partial charge in [-0.15, -0.1) is 0 Å². The lowest BCUT2D eigenvalue weighted by Gasteiger charge is -2.14. The molecule has 0 N–H and O–H groups in total. The van der Waals surface area contributed by atoms with E-state index in [1.54, 1.807) is 0 Å². The Bertz CT molecular complexity index is 179. The minimum atomic E-state index is 0.748. The Balaban J connectivity index is 2.27. The van der Waals surface area contributed by atoms with Crippen molar-refractivity contribution in [2.75, 3.05) is 0 Å². The van der Waals surface area contributed by atoms with E-state index >= 15 is 0 Å². The maximum Gasteiger partial charge on any atom is -0.00367 e. The summed E-state index contributed by atoms with van der Waals surface area (Å²) in [5.41, 5.74) is 0. The molecule has 2 rings (SSSR count). The van der Waals surface area contributed by atoms with Crippen molar-refractivity contribution in [1.29, 1.82) is 0 Å². The number of hydrogen-bond donors (Lipinski definition) is 0. The third-order valence-corrected chi connectivity index (χ3v) is 2.65. The van der Waals surface area contributed by atoms with Crippen LogP contribution < -0.4 is 0 Å². The molecule has 0 unspecified atom stereocenters. The summed E-state index contributed by atoms with van der Waals surface area (Å²) in [6.45, 7) is 0. The third-order valence-electron chi connectivity index (χ3n) is 2.06. The molecule has 0 spiro atoms. The molecule has 48 valence electrons. The number of rotatable bonds is 0. The first-order chi connectivity index (χ1) is 4.34. The van der Waals surface area contributed by atoms with Crippen molar-refractivity contribution in [2.24, 2.45) is 11.8 Å². The first-order valence-electron chi connectivity index (χ1n) is 3.39. The fourth-order valence-electron chi connectivity index (χ4n) is 1.63. The first-order valence-corrected chi connectivity index (χ1v) is 4.18. The minimum Gasteiger partial charge on any atom is -0.0844 e. The lowest BCUT2D eigenvalue weighted by atomic mass is 9.94. The molecule has 2 atom stereocenters. The van der Waals surface area contributed by atoms with Gasteiger partial charge in [0.2, 0.25) is 0 Å². The standard InChI is InChI=1S/C8H9Br/c9-8-4-6-1-2-7(3-6)5-8/h1-2,4,6-7H,3,5H2/t6-,7-/m1/s1. The Kier molecular flexibility index (Phi) is 1.26. The van der Waals surface area contributed by atoms with Gasteiger partial charge >= 0.3 is 0 Å². The van der Waals surface area contributed by atoms with Gasteiger partial charge in [0.05, 0.1) is 0 Å². The molecular weight excluding hydrogens is 176 g/mol. The molecule has 0 aromatic rings. The van der Waals surface area contributed by atoms with Gasteiger partial charge in [0.1, 0.15) is 0 Å². The third kappa shape index (κ3) is 0.983. The Hall–Kier alpha value is -0.0400. The fraction of sp³-hybridized carbons (Fsp3) is 0.500. The SMILES string of the molecule is BrC1=C[C@@H]2C=C[C@@H](C1)C2. The fourth-order valence-corrected chi connectivity index (χ4v) is 2.39. The zero-order chi connectivity index (χ0) is 6.27. The summed E-state index contributed by atoms with van der Waals surface area (Å²) in [6.07, 6.45) is 9.57. The second-order valence-electron chi connectivity index (χ2n) is 2.86. The molecule has 2 bridgehead atoms. The van der Waals surface area contributed by atoms with Crippen LogP contribution in [-0.4, -0.2) is 0 Å². The van der Waals surface area contributed by atoms with Crippen LogP contribution in [0.15, 0.2) is 22.7 Å². The zero-order valence-corrected chi connectivity index (χ0v) is 6.76. The second kappa shape index (κ2) is 1.98. The quantitative estimate of drug-likeness (QED) is 0.509. The van der Waals surface area contributed by atoms with Crippen LogP contribution in [-0.2, 0) is 0 Å². The molecule has 0 radical (unpaired) electrons. The minimum absolute atomic E-state index is 0.748. The van der Waals surface area contributed by atoms with Crippen LogP contribution in [0.2, 0.25) is 0 Å². The van der Waals surface area contributed by atoms with Gasteiger partial charge in [0, 0.05) is 0 Å². The highest BCUT2D eigenvalue weighted by atomic mass is 79.9. The van der Waals surface area contributed by atoms with Crippen LogP contribution in [0.25, 0.3) is 0 Å². The predicted molar refractivity (Wildman–Crippen MR) is 42.4 cm³/mol. The lowest BCUT2D eigenvalue weighted by Crippen LogP contribution is -2.01. The average Bonchev–Trinajstić information content (AvgIpc) is 2.11. The van der Waals surface area contributed by atoms with Crippen molar-refractivity contribution in [3.05, 3.63) is 22.7 Å². The Labute approximate surface area is 63.8 Å². The van der Waals surface area contributed by atoms with E-state index in [-0.39, 0.29) is 0 Å². The highest BCUT2D eigenvalue weighted by Crippen LogP contribution is 2.37. The van der Waals surface area contributed by atoms with Crippen LogP contribution in [0.4, 0.5) is 0 Å². The summed E-state index contributed by atoms with van der Waals surface area (Å²) in [4.78, 5) is 0. The molecule has 0 aliphatic heterocycles. The summed E-state index contributed by atoms with van der Waals surface area (Å²) in [6, 6.07) is 0. The maximum absolute atomic E-state index is 3.53. The molecule has 0 amide bonds. The number of fused-ring (bicyclic) bond motifs is 2. The smallest absolute Gasteiger partial charge is 0.00367 e. The van der Waals surface area contributed by atoms with Crippen LogP contribution in [0, 0.1) is 11.8 Å². The van der Waals surface area contributed by atoms with Crippen molar-refractivity contribution in [3.8, 4) is 0 Å². The molecule has 9 heavy (non-hydrogen) atoms. The molecule has 0 saturated carbocycles. The highest BCUT2D eigenvalue weighted by molar-refractivity contribution is 9.11. The van der Waals surface area contributed by atoms with E-state index in [0.29, 0.717) is 0 Å². The van der Waals surface area contributed by atoms with Gasteiger partial charge in [-0.25, -0.2) is 0 Å². The lowest BCUT2D eigenvalue weighted by molar-refractivity contribution is 0.557. The van der Waals surface area contributed by atoms with Crippen molar-refractivity contribution < 1.29 is 0 Å². The van der Waals surface area contributed by atoms with Gasteiger partial charge in [0.15, 0.2) is 0 Å². The van der Waals surface area contributed by atoms with Gasteiger partial charge in [-0.1, -0.05) is 34.2 Å². The zero-order valence-electron chi connectivity index (χ0n) is 5.18. The van der Waals surface area contributed by atoms with Gasteiger partial charge in [-0.2, -0.15) is 0 Å². The van der Waals surface area contributed by atoms with E-state index in [0.717, 1.165) is 11.8 Å². The molecule has 2 aliphatic carbocycles. The molecule has 0 heterocycles. The average molecular weight is 185 g/mol. The van der Waals surface area contributed by atoms with Crippen molar-refractivity contribution in [3.63, 3.8) is 0 Å². The van der Waals surface area contributed by atoms with Crippen molar-refractivity contribution in [1.82, 2.24) is 0 Å². The normalized spacial score (nSPS) is 39.0. The molecule has 0 fully saturated rings. The summed E-state index contributed by atoms with van der Waals surface area (Å²) >= 11 is 3.53.